The lowest BCUT2D eigenvalue weighted by Crippen LogP contribution is -2.51. The summed E-state index contributed by atoms with van der Waals surface area (Å²) in [6, 6.07) is 7.95. The summed E-state index contributed by atoms with van der Waals surface area (Å²) in [6.07, 6.45) is 5.97. The molecule has 5 rings (SSSR count). The van der Waals surface area contributed by atoms with Crippen LogP contribution < -0.4 is 0 Å². The van der Waals surface area contributed by atoms with Crippen LogP contribution in [0.1, 0.15) is 37.9 Å². The number of benzene rings is 1. The summed E-state index contributed by atoms with van der Waals surface area (Å²) >= 11 is 0. The largest absolute Gasteiger partial charge is 0.508 e. The van der Waals surface area contributed by atoms with Gasteiger partial charge in [0.2, 0.25) is 0 Å². The lowest BCUT2D eigenvalue weighted by Gasteiger charge is -2.44. The molecule has 4 unspecified atom stereocenters. The van der Waals surface area contributed by atoms with Crippen molar-refractivity contribution in [2.45, 2.75) is 44.4 Å². The van der Waals surface area contributed by atoms with E-state index in [2.05, 4.69) is 22.9 Å². The van der Waals surface area contributed by atoms with Gasteiger partial charge in [-0.2, -0.15) is 0 Å². The fourth-order valence-corrected chi connectivity index (χ4v) is 5.11. The molecule has 2 aromatic rings. The van der Waals surface area contributed by atoms with Crippen molar-refractivity contribution in [3.8, 4) is 5.75 Å². The number of aromatic hydroxyl groups is 1. The molecule has 3 fully saturated rings. The van der Waals surface area contributed by atoms with Crippen LogP contribution in [-0.4, -0.2) is 40.2 Å². The highest BCUT2D eigenvalue weighted by Crippen LogP contribution is 2.54. The van der Waals surface area contributed by atoms with Gasteiger partial charge in [-0.3, -0.25) is 9.88 Å². The first kappa shape index (κ1) is 13.8. The van der Waals surface area contributed by atoms with Crippen molar-refractivity contribution < 1.29 is 9.84 Å². The van der Waals surface area contributed by atoms with Crippen molar-refractivity contribution in [1.82, 2.24) is 9.88 Å². The lowest BCUT2D eigenvalue weighted by atomic mass is 9.77. The molecule has 3 aliphatic rings. The quantitative estimate of drug-likeness (QED) is 0.925. The van der Waals surface area contributed by atoms with Crippen molar-refractivity contribution in [3.05, 3.63) is 36.0 Å². The number of aromatic nitrogens is 1. The maximum atomic E-state index is 9.90. The number of phenols is 1. The Morgan fingerprint density at radius 2 is 2.26 bits per heavy atom. The number of pyridine rings is 1. The Balaban J connectivity index is 1.62. The number of hydrogen-bond acceptors (Lipinski definition) is 4. The molecule has 5 atom stereocenters. The molecule has 0 spiro atoms. The molecule has 0 amide bonds. The zero-order chi connectivity index (χ0) is 15.6. The predicted molar refractivity (Wildman–Crippen MR) is 88.3 cm³/mol. The van der Waals surface area contributed by atoms with Gasteiger partial charge in [-0.25, -0.2) is 0 Å². The maximum absolute atomic E-state index is 9.90. The van der Waals surface area contributed by atoms with E-state index in [1.165, 1.54) is 31.4 Å². The summed E-state index contributed by atoms with van der Waals surface area (Å²) in [5.41, 5.74) is 2.56. The molecule has 0 aliphatic carbocycles. The zero-order valence-electron chi connectivity index (χ0n) is 13.4. The van der Waals surface area contributed by atoms with Gasteiger partial charge in [-0.1, -0.05) is 6.92 Å². The molecule has 1 aromatic carbocycles. The predicted octanol–water partition coefficient (Wildman–Crippen LogP) is 3.25. The van der Waals surface area contributed by atoms with E-state index < -0.39 is 0 Å². The molecule has 1 aromatic heterocycles. The SMILES string of the molecule is CCC12CC3CN(C1)C(C2)[C@H](c1ccnc2ccc(O)cc12)O3. The Morgan fingerprint density at radius 3 is 3.13 bits per heavy atom. The van der Waals surface area contributed by atoms with Crippen molar-refractivity contribution in [3.63, 3.8) is 0 Å². The lowest BCUT2D eigenvalue weighted by molar-refractivity contribution is -0.125. The van der Waals surface area contributed by atoms with Gasteiger partial charge >= 0.3 is 0 Å². The standard InChI is InChI=1S/C19H22N2O2/c1-2-19-8-13-10-21(11-19)17(9-19)18(23-13)14-5-6-20-16-4-3-12(22)7-15(14)16/h3-7,13,17-18,22H,2,8-11H2,1H3/t13?,17?,18-,19?/m0/s1. The van der Waals surface area contributed by atoms with Gasteiger partial charge in [0.1, 0.15) is 5.75 Å². The van der Waals surface area contributed by atoms with E-state index in [9.17, 15) is 5.11 Å². The van der Waals surface area contributed by atoms with Gasteiger partial charge in [0.25, 0.3) is 0 Å². The van der Waals surface area contributed by atoms with E-state index in [1.54, 1.807) is 6.07 Å². The van der Waals surface area contributed by atoms with Crippen LogP contribution >= 0.6 is 0 Å². The summed E-state index contributed by atoms with van der Waals surface area (Å²) in [5, 5.41) is 10.9. The van der Waals surface area contributed by atoms with Crippen molar-refractivity contribution in [2.24, 2.45) is 5.41 Å². The van der Waals surface area contributed by atoms with Crippen LogP contribution in [0, 0.1) is 5.41 Å². The van der Waals surface area contributed by atoms with Crippen molar-refractivity contribution in [2.75, 3.05) is 13.1 Å². The number of morpholine rings is 1. The first-order valence-corrected chi connectivity index (χ1v) is 8.65. The van der Waals surface area contributed by atoms with Crippen LogP contribution in [0.5, 0.6) is 5.75 Å². The highest BCUT2D eigenvalue weighted by Gasteiger charge is 2.55. The highest BCUT2D eigenvalue weighted by molar-refractivity contribution is 5.83. The molecular weight excluding hydrogens is 288 g/mol. The number of nitrogens with zero attached hydrogens (tertiary/aromatic N) is 2. The Hall–Kier alpha value is -1.65. The fourth-order valence-electron chi connectivity index (χ4n) is 5.11. The average molecular weight is 310 g/mol. The van der Waals surface area contributed by atoms with Gasteiger partial charge in [-0.05, 0) is 54.5 Å². The molecule has 4 heteroatoms. The summed E-state index contributed by atoms with van der Waals surface area (Å²) in [7, 11) is 0. The van der Waals surface area contributed by atoms with Crippen molar-refractivity contribution in [1.29, 1.82) is 0 Å². The van der Waals surface area contributed by atoms with Gasteiger partial charge in [0.15, 0.2) is 0 Å². The third kappa shape index (κ3) is 1.95. The molecule has 23 heavy (non-hydrogen) atoms. The number of ether oxygens (including phenoxy) is 1. The third-order valence-corrected chi connectivity index (χ3v) is 6.25. The number of fused-ring (bicyclic) bond motifs is 3. The Labute approximate surface area is 136 Å². The average Bonchev–Trinajstić information content (AvgIpc) is 2.76. The third-order valence-electron chi connectivity index (χ3n) is 6.25. The molecule has 3 aliphatic heterocycles. The molecule has 4 heterocycles. The molecule has 120 valence electrons. The first-order valence-electron chi connectivity index (χ1n) is 8.65. The molecule has 0 radical (unpaired) electrons. The van der Waals surface area contributed by atoms with E-state index in [-0.39, 0.29) is 6.10 Å². The van der Waals surface area contributed by atoms with E-state index >= 15 is 0 Å². The van der Waals surface area contributed by atoms with E-state index in [4.69, 9.17) is 4.74 Å². The number of phenolic OH excluding ortho intramolecular Hbond substituents is 1. The monoisotopic (exact) mass is 310 g/mol. The van der Waals surface area contributed by atoms with E-state index in [1.807, 2.05) is 18.3 Å². The smallest absolute Gasteiger partial charge is 0.116 e. The molecular formula is C19H22N2O2. The number of rotatable bonds is 2. The summed E-state index contributed by atoms with van der Waals surface area (Å²) in [4.78, 5) is 7.08. The normalized spacial score (nSPS) is 38.3. The maximum Gasteiger partial charge on any atom is 0.116 e. The second-order valence-electron chi connectivity index (χ2n) is 7.54. The Morgan fingerprint density at radius 1 is 1.35 bits per heavy atom. The van der Waals surface area contributed by atoms with E-state index in [0.717, 1.165) is 17.4 Å². The van der Waals surface area contributed by atoms with Crippen molar-refractivity contribution >= 4 is 10.9 Å². The van der Waals surface area contributed by atoms with Gasteiger partial charge in [-0.15, -0.1) is 0 Å². The van der Waals surface area contributed by atoms with Crippen LogP contribution in [-0.2, 0) is 4.74 Å². The summed E-state index contributed by atoms with van der Waals surface area (Å²) in [6.45, 7) is 4.62. The molecule has 0 saturated carbocycles. The van der Waals surface area contributed by atoms with Crippen LogP contribution in [0.3, 0.4) is 0 Å². The zero-order valence-corrected chi connectivity index (χ0v) is 13.4. The van der Waals surface area contributed by atoms with Gasteiger partial charge in [0.05, 0.1) is 17.7 Å². The minimum atomic E-state index is 0.0944. The second kappa shape index (κ2) is 4.68. The summed E-state index contributed by atoms with van der Waals surface area (Å²) in [5.74, 6) is 0.292. The molecule has 4 nitrogen and oxygen atoms in total. The van der Waals surface area contributed by atoms with Gasteiger partial charge in [0, 0.05) is 30.7 Å². The van der Waals surface area contributed by atoms with Crippen LogP contribution in [0.25, 0.3) is 10.9 Å². The molecule has 1 N–H and O–H groups in total. The van der Waals surface area contributed by atoms with E-state index in [0.29, 0.717) is 23.3 Å². The minimum Gasteiger partial charge on any atom is -0.508 e. The van der Waals surface area contributed by atoms with Crippen LogP contribution in [0.2, 0.25) is 0 Å². The second-order valence-corrected chi connectivity index (χ2v) is 7.54. The first-order chi connectivity index (χ1) is 11.2. The van der Waals surface area contributed by atoms with Crippen LogP contribution in [0.4, 0.5) is 0 Å². The topological polar surface area (TPSA) is 45.6 Å². The summed E-state index contributed by atoms with van der Waals surface area (Å²) < 4.78 is 6.52. The molecule has 3 bridgehead atoms. The fraction of sp³-hybridized carbons (Fsp3) is 0.526. The Kier molecular flexibility index (Phi) is 2.80. The number of hydrogen-bond donors (Lipinski definition) is 1. The minimum absolute atomic E-state index is 0.0944. The number of piperidine rings is 1. The van der Waals surface area contributed by atoms with Crippen LogP contribution in [0.15, 0.2) is 30.5 Å². The Bertz CT molecular complexity index is 777. The molecule has 3 saturated heterocycles. The highest BCUT2D eigenvalue weighted by atomic mass is 16.5. The van der Waals surface area contributed by atoms with Gasteiger partial charge < -0.3 is 9.84 Å².